The second kappa shape index (κ2) is 34.7. The number of aryl methyl sites for hydroxylation is 1. The summed E-state index contributed by atoms with van der Waals surface area (Å²) in [6.07, 6.45) is -0.252. The first kappa shape index (κ1) is 61.4. The van der Waals surface area contributed by atoms with Crippen LogP contribution < -0.4 is 93.9 Å². The van der Waals surface area contributed by atoms with Crippen LogP contribution in [0.2, 0.25) is 0 Å². The minimum absolute atomic E-state index is 0. The zero-order valence-electron chi connectivity index (χ0n) is 38.9. The van der Waals surface area contributed by atoms with Crippen LogP contribution in [0, 0.1) is 24.7 Å². The molecule has 0 saturated heterocycles. The van der Waals surface area contributed by atoms with Crippen molar-refractivity contribution in [2.75, 3.05) is 19.6 Å². The van der Waals surface area contributed by atoms with Crippen molar-refractivity contribution in [1.29, 1.82) is 0 Å². The van der Waals surface area contributed by atoms with Crippen molar-refractivity contribution in [2.24, 2.45) is 34.2 Å². The Labute approximate surface area is 422 Å². The Morgan fingerprint density at radius 1 is 0.762 bits per heavy atom. The molecule has 346 valence electrons. The van der Waals surface area contributed by atoms with E-state index in [0.717, 1.165) is 10.4 Å². The second-order valence-corrected chi connectivity index (χ2v) is 18.3. The fraction of sp³-hybridized carbons (Fsp3) is 0.545. The van der Waals surface area contributed by atoms with Crippen LogP contribution in [0.25, 0.3) is 5.32 Å². The number of Topliss-reactive ketones (excluding diaryl/α,β-unsaturated/α-hetero) is 1. The molecule has 19 heteroatoms. The van der Waals surface area contributed by atoms with E-state index in [2.05, 4.69) is 57.7 Å². The van der Waals surface area contributed by atoms with Crippen molar-refractivity contribution < 1.29 is 90.1 Å². The molecular weight excluding hydrogens is 901 g/mol. The number of aliphatic imine (C=N–C) groups is 1. The molecule has 0 aliphatic rings. The summed E-state index contributed by atoms with van der Waals surface area (Å²) in [7, 11) is 0. The van der Waals surface area contributed by atoms with E-state index in [9.17, 15) is 33.6 Å². The molecule has 0 bridgehead atoms. The predicted molar refractivity (Wildman–Crippen MR) is 244 cm³/mol. The maximum absolute atomic E-state index is 13.3. The fourth-order valence-corrected chi connectivity index (χ4v) is 6.38. The van der Waals surface area contributed by atoms with Gasteiger partial charge in [-0.15, -0.1) is 0 Å². The number of guanidine groups is 1. The summed E-state index contributed by atoms with van der Waals surface area (Å²) in [5.41, 5.74) is 12.0. The summed E-state index contributed by atoms with van der Waals surface area (Å²) >= 11 is -0.529. The first-order valence-electron chi connectivity index (χ1n) is 20.7. The second-order valence-electron chi connectivity index (χ2n) is 15.9. The third-order valence-electron chi connectivity index (χ3n) is 7.96. The van der Waals surface area contributed by atoms with Gasteiger partial charge in [0.05, 0.1) is 6.54 Å². The number of nitrogens with one attached hydrogen (secondary N) is 5. The standard InChI is InChI=1S/C33H52N9O7Se.C7H8O.C4H10.K/c1-19(2)15-24(40-22(6)43)31(48)37-17-28(45)42-27(13-10-14-36-33(34)35)39-21(5)30(47)41-25(16-26(44)20(3)4)32(49)38-18-29(46)50-23-11-8-7-9-12-23;1-6-2-4-7(8)5-3-6;1-4(2)3;/h7-9,11-12,19-21,24-25,27H,10,13-18H2,1-6H3,(H,37,48)(H,38,49)(H,40,43)(H,41,47)(H,42,45)(H4,34,35,36);2-5,8H,1H3;4H,1-3H3;/q-1;;;+1/t21-,24?,25?,27?;;;/m0.../s1. The number of nitrogens with zero attached hydrogens (tertiary/aromatic N) is 2. The number of phenolic OH excluding ortho intramolecular Hbond substituents is 1. The van der Waals surface area contributed by atoms with Crippen LogP contribution in [-0.2, 0) is 33.6 Å². The molecular formula is C44H70KN9O8Se. The average Bonchev–Trinajstić information content (AvgIpc) is 3.18. The zero-order valence-corrected chi connectivity index (χ0v) is 43.8. The molecule has 0 aromatic heterocycles. The number of ketones is 1. The van der Waals surface area contributed by atoms with Crippen molar-refractivity contribution in [3.63, 3.8) is 0 Å². The predicted octanol–water partition coefficient (Wildman–Crippen LogP) is -0.949. The van der Waals surface area contributed by atoms with E-state index < -0.39 is 75.3 Å². The van der Waals surface area contributed by atoms with Gasteiger partial charge >= 0.3 is 241 Å². The first-order chi connectivity index (χ1) is 29.0. The van der Waals surface area contributed by atoms with Crippen molar-refractivity contribution >= 4 is 65.4 Å². The van der Waals surface area contributed by atoms with Gasteiger partial charge in [-0.05, 0) is 37.3 Å². The molecule has 0 saturated carbocycles. The molecule has 0 heterocycles. The molecule has 0 aliphatic carbocycles. The van der Waals surface area contributed by atoms with Gasteiger partial charge in [0.25, 0.3) is 0 Å². The zero-order chi connectivity index (χ0) is 47.4. The van der Waals surface area contributed by atoms with E-state index in [1.807, 2.05) is 63.2 Å². The number of aromatic hydroxyl groups is 1. The van der Waals surface area contributed by atoms with Gasteiger partial charge in [-0.25, -0.2) is 0 Å². The molecule has 0 spiro atoms. The van der Waals surface area contributed by atoms with Gasteiger partial charge in [0.1, 0.15) is 11.8 Å². The molecule has 3 unspecified atom stereocenters. The molecule has 4 atom stereocenters. The van der Waals surface area contributed by atoms with E-state index in [1.54, 1.807) is 26.0 Å². The SMILES string of the molecule is CC(=O)NC(CC(C)C)C(=O)NCC(=O)NC(CCCN=C(N)N)[N-][C@@H](C)C(=O)NC(CC(=O)C(C)C)C(=O)NCC(=O)[Se]c1ccccc1.CC(C)C.Cc1ccc(O)cc1.[K+]. The van der Waals surface area contributed by atoms with Gasteiger partial charge in [-0.3, -0.25) is 19.4 Å². The average molecular weight is 971 g/mol. The Morgan fingerprint density at radius 2 is 1.32 bits per heavy atom. The smallest absolute Gasteiger partial charge is 0.508 e. The third kappa shape index (κ3) is 32.6. The van der Waals surface area contributed by atoms with Crippen molar-refractivity contribution in [3.05, 3.63) is 65.5 Å². The third-order valence-corrected chi connectivity index (χ3v) is 9.81. The Morgan fingerprint density at radius 3 is 1.83 bits per heavy atom. The minimum atomic E-state index is -1.26. The molecule has 2 aromatic rings. The molecule has 0 fully saturated rings. The largest absolute Gasteiger partial charge is 1.00 e. The monoisotopic (exact) mass is 971 g/mol. The van der Waals surface area contributed by atoms with Crippen LogP contribution >= 0.6 is 0 Å². The van der Waals surface area contributed by atoms with Crippen LogP contribution in [0.1, 0.15) is 93.6 Å². The molecule has 2 rings (SSSR count). The van der Waals surface area contributed by atoms with Gasteiger partial charge < -0.3 is 27.2 Å². The van der Waals surface area contributed by atoms with Crippen LogP contribution in [0.15, 0.2) is 59.6 Å². The maximum Gasteiger partial charge on any atom is 1.00 e. The Kier molecular flexibility index (Phi) is 33.8. The van der Waals surface area contributed by atoms with Crippen molar-refractivity contribution in [1.82, 2.24) is 26.6 Å². The van der Waals surface area contributed by atoms with Gasteiger partial charge in [0.15, 0.2) is 5.96 Å². The van der Waals surface area contributed by atoms with Crippen LogP contribution in [0.3, 0.4) is 0 Å². The van der Waals surface area contributed by atoms with E-state index in [-0.39, 0.29) is 106 Å². The van der Waals surface area contributed by atoms with Crippen LogP contribution in [-0.4, -0.2) is 110 Å². The quantitative estimate of drug-likeness (QED) is 0.0293. The summed E-state index contributed by atoms with van der Waals surface area (Å²) in [4.78, 5) is 92.5. The van der Waals surface area contributed by atoms with Crippen LogP contribution in [0.4, 0.5) is 0 Å². The van der Waals surface area contributed by atoms with Gasteiger partial charge in [-0.1, -0.05) is 52.3 Å². The number of carbonyl (C=O) groups excluding carboxylic acids is 7. The maximum atomic E-state index is 13.3. The number of hydrogen-bond donors (Lipinski definition) is 8. The van der Waals surface area contributed by atoms with Gasteiger partial charge in [0, 0.05) is 13.5 Å². The number of benzene rings is 2. The Bertz CT molecular complexity index is 1700. The Balaban J connectivity index is 0. The van der Waals surface area contributed by atoms with E-state index in [4.69, 9.17) is 16.6 Å². The number of amides is 5. The molecule has 10 N–H and O–H groups in total. The molecule has 63 heavy (non-hydrogen) atoms. The molecule has 0 aliphatic heterocycles. The fourth-order valence-electron chi connectivity index (χ4n) is 4.91. The van der Waals surface area contributed by atoms with Crippen molar-refractivity contribution in [2.45, 2.75) is 119 Å². The summed E-state index contributed by atoms with van der Waals surface area (Å²) in [6.45, 7) is 17.9. The normalized spacial score (nSPS) is 12.3. The number of hydrogen-bond acceptors (Lipinski definition) is 9. The molecule has 5 amide bonds. The number of rotatable bonds is 23. The van der Waals surface area contributed by atoms with Gasteiger partial charge in [-0.2, -0.15) is 0 Å². The van der Waals surface area contributed by atoms with E-state index in [0.29, 0.717) is 18.6 Å². The van der Waals surface area contributed by atoms with Crippen LogP contribution in [0.5, 0.6) is 5.75 Å². The van der Waals surface area contributed by atoms with Crippen molar-refractivity contribution in [3.8, 4) is 5.75 Å². The number of nitrogens with two attached hydrogens (primary N) is 2. The van der Waals surface area contributed by atoms with E-state index >= 15 is 0 Å². The Hall–Kier alpha value is -3.68. The van der Waals surface area contributed by atoms with Gasteiger partial charge in [0.2, 0.25) is 11.8 Å². The van der Waals surface area contributed by atoms with E-state index in [1.165, 1.54) is 19.4 Å². The summed E-state index contributed by atoms with van der Waals surface area (Å²) in [5.74, 6) is -2.42. The molecule has 2 aromatic carbocycles. The first-order valence-corrected chi connectivity index (χ1v) is 22.4. The topological polar surface area (TPSA) is 278 Å². The number of carbonyl (C=O) groups is 7. The summed E-state index contributed by atoms with van der Waals surface area (Å²) in [5, 5.41) is 26.1. The summed E-state index contributed by atoms with van der Waals surface area (Å²) < 4.78 is 0.652. The minimum Gasteiger partial charge on any atom is -0.508 e. The molecule has 0 radical (unpaired) electrons. The summed E-state index contributed by atoms with van der Waals surface area (Å²) in [6, 6.07) is 13.0. The molecule has 17 nitrogen and oxygen atoms in total. The number of phenols is 1.